The van der Waals surface area contributed by atoms with E-state index in [0.29, 0.717) is 22.7 Å². The van der Waals surface area contributed by atoms with Crippen LogP contribution in [0, 0.1) is 11.7 Å². The van der Waals surface area contributed by atoms with Gasteiger partial charge >= 0.3 is 5.97 Å². The second-order valence-corrected chi connectivity index (χ2v) is 5.59. The van der Waals surface area contributed by atoms with Crippen molar-refractivity contribution in [3.05, 3.63) is 46.0 Å². The van der Waals surface area contributed by atoms with Gasteiger partial charge in [-0.3, -0.25) is 0 Å². The Morgan fingerprint density at radius 3 is 2.81 bits per heavy atom. The fraction of sp³-hybridized carbons (Fsp3) is 0.357. The molecule has 0 radical (unpaired) electrons. The van der Waals surface area contributed by atoms with Crippen molar-refractivity contribution in [1.29, 1.82) is 0 Å². The molecule has 0 bridgehead atoms. The molecule has 1 aromatic heterocycles. The Balaban J connectivity index is 2.39. The van der Waals surface area contributed by atoms with E-state index < -0.39 is 11.8 Å². The average molecular weight is 312 g/mol. The molecule has 112 valence electrons. The van der Waals surface area contributed by atoms with Crippen LogP contribution in [0.4, 0.5) is 4.39 Å². The molecule has 2 rings (SSSR count). The third-order valence-electron chi connectivity index (χ3n) is 2.97. The second-order valence-electron chi connectivity index (χ2n) is 5.18. The van der Waals surface area contributed by atoms with Gasteiger partial charge in [0.1, 0.15) is 5.82 Å². The fourth-order valence-corrected chi connectivity index (χ4v) is 2.22. The van der Waals surface area contributed by atoms with Crippen molar-refractivity contribution in [3.8, 4) is 0 Å². The monoisotopic (exact) mass is 311 g/mol. The Hall–Kier alpha value is -1.95. The smallest absolute Gasteiger partial charge is 0.358 e. The Morgan fingerprint density at radius 2 is 2.19 bits per heavy atom. The molecular formula is C14H15ClFN3O2. The van der Waals surface area contributed by atoms with E-state index in [1.165, 1.54) is 22.9 Å². The van der Waals surface area contributed by atoms with Crippen LogP contribution in [0.5, 0.6) is 0 Å². The van der Waals surface area contributed by atoms with Crippen LogP contribution < -0.4 is 0 Å². The van der Waals surface area contributed by atoms with Gasteiger partial charge in [0.2, 0.25) is 0 Å². The summed E-state index contributed by atoms with van der Waals surface area (Å²) in [5, 5.41) is 17.1. The lowest BCUT2D eigenvalue weighted by atomic mass is 10.1. The Bertz CT molecular complexity index is 670. The minimum absolute atomic E-state index is 0.0729. The highest BCUT2D eigenvalue weighted by Crippen LogP contribution is 2.20. The van der Waals surface area contributed by atoms with E-state index in [1.54, 1.807) is 0 Å². The van der Waals surface area contributed by atoms with E-state index in [0.717, 1.165) is 0 Å². The summed E-state index contributed by atoms with van der Waals surface area (Å²) >= 11 is 6.03. The zero-order valence-corrected chi connectivity index (χ0v) is 12.4. The Labute approximate surface area is 126 Å². The van der Waals surface area contributed by atoms with Gasteiger partial charge in [-0.15, -0.1) is 5.10 Å². The van der Waals surface area contributed by atoms with Gasteiger partial charge in [-0.25, -0.2) is 13.9 Å². The number of aromatic carboxylic acids is 1. The van der Waals surface area contributed by atoms with Crippen molar-refractivity contribution in [3.63, 3.8) is 0 Å². The number of halogens is 2. The fourth-order valence-electron chi connectivity index (χ4n) is 2.04. The minimum atomic E-state index is -1.12. The van der Waals surface area contributed by atoms with Crippen molar-refractivity contribution < 1.29 is 14.3 Å². The molecule has 0 fully saturated rings. The molecule has 2 aromatic rings. The number of nitrogens with zero attached hydrogens (tertiary/aromatic N) is 3. The number of carboxylic acid groups (broad SMARTS) is 1. The summed E-state index contributed by atoms with van der Waals surface area (Å²) in [6.45, 7) is 4.12. The van der Waals surface area contributed by atoms with Crippen LogP contribution in [0.3, 0.4) is 0 Å². The maximum atomic E-state index is 13.3. The standard InChI is InChI=1S/C14H15ClFN3O2/c1-8(2)5-12-13(14(20)21)17-18-19(12)7-9-6-10(16)3-4-11(9)15/h3-4,6,8H,5,7H2,1-2H3,(H,20,21). The summed E-state index contributed by atoms with van der Waals surface area (Å²) in [5.74, 6) is -1.29. The molecule has 0 aliphatic carbocycles. The lowest BCUT2D eigenvalue weighted by Gasteiger charge is -2.10. The maximum Gasteiger partial charge on any atom is 0.358 e. The summed E-state index contributed by atoms with van der Waals surface area (Å²) in [5.41, 5.74) is 0.970. The molecule has 0 aliphatic rings. The number of aromatic nitrogens is 3. The zero-order valence-electron chi connectivity index (χ0n) is 11.7. The Kier molecular flexibility index (Phi) is 4.57. The molecule has 0 saturated heterocycles. The molecule has 0 unspecified atom stereocenters. The lowest BCUT2D eigenvalue weighted by molar-refractivity contribution is 0.0689. The van der Waals surface area contributed by atoms with Crippen LogP contribution in [-0.2, 0) is 13.0 Å². The molecule has 5 nitrogen and oxygen atoms in total. The summed E-state index contributed by atoms with van der Waals surface area (Å²) in [6.07, 6.45) is 0.515. The predicted octanol–water partition coefficient (Wildman–Crippen LogP) is 3.02. The van der Waals surface area contributed by atoms with Gasteiger partial charge in [-0.1, -0.05) is 30.7 Å². The van der Waals surface area contributed by atoms with Gasteiger partial charge in [0, 0.05) is 5.02 Å². The molecule has 0 saturated carbocycles. The first-order valence-electron chi connectivity index (χ1n) is 6.48. The van der Waals surface area contributed by atoms with Crippen molar-refractivity contribution in [2.24, 2.45) is 5.92 Å². The third kappa shape index (κ3) is 3.58. The summed E-state index contributed by atoms with van der Waals surface area (Å²) in [7, 11) is 0. The Morgan fingerprint density at radius 1 is 1.48 bits per heavy atom. The van der Waals surface area contributed by atoms with Gasteiger partial charge in [-0.05, 0) is 36.1 Å². The summed E-state index contributed by atoms with van der Waals surface area (Å²) in [6, 6.07) is 4.04. The second kappa shape index (κ2) is 6.22. The summed E-state index contributed by atoms with van der Waals surface area (Å²) in [4.78, 5) is 11.2. The van der Waals surface area contributed by atoms with E-state index in [9.17, 15) is 9.18 Å². The number of hydrogen-bond donors (Lipinski definition) is 1. The van der Waals surface area contributed by atoms with Crippen molar-refractivity contribution in [2.45, 2.75) is 26.8 Å². The van der Waals surface area contributed by atoms with Gasteiger partial charge < -0.3 is 5.11 Å². The van der Waals surface area contributed by atoms with Crippen molar-refractivity contribution >= 4 is 17.6 Å². The van der Waals surface area contributed by atoms with Crippen LogP contribution >= 0.6 is 11.6 Å². The van der Waals surface area contributed by atoms with Gasteiger partial charge in [0.25, 0.3) is 0 Å². The van der Waals surface area contributed by atoms with E-state index >= 15 is 0 Å². The molecule has 7 heteroatoms. The molecule has 1 N–H and O–H groups in total. The summed E-state index contributed by atoms with van der Waals surface area (Å²) < 4.78 is 14.8. The lowest BCUT2D eigenvalue weighted by Crippen LogP contribution is -2.12. The van der Waals surface area contributed by atoms with Gasteiger partial charge in [-0.2, -0.15) is 0 Å². The molecule has 0 amide bonds. The maximum absolute atomic E-state index is 13.3. The number of carbonyl (C=O) groups is 1. The number of benzene rings is 1. The van der Waals surface area contributed by atoms with Crippen LogP contribution in [0.2, 0.25) is 5.02 Å². The van der Waals surface area contributed by atoms with E-state index in [1.807, 2.05) is 13.8 Å². The van der Waals surface area contributed by atoms with E-state index in [4.69, 9.17) is 16.7 Å². The van der Waals surface area contributed by atoms with Crippen LogP contribution in [0.15, 0.2) is 18.2 Å². The van der Waals surface area contributed by atoms with Gasteiger partial charge in [0.05, 0.1) is 12.2 Å². The predicted molar refractivity (Wildman–Crippen MR) is 76.0 cm³/mol. The van der Waals surface area contributed by atoms with Gasteiger partial charge in [0.15, 0.2) is 5.69 Å². The van der Waals surface area contributed by atoms with Crippen molar-refractivity contribution in [1.82, 2.24) is 15.0 Å². The van der Waals surface area contributed by atoms with Crippen LogP contribution in [-0.4, -0.2) is 26.1 Å². The highest BCUT2D eigenvalue weighted by Gasteiger charge is 2.20. The number of rotatable bonds is 5. The molecule has 0 atom stereocenters. The van der Waals surface area contributed by atoms with E-state index in [2.05, 4.69) is 10.3 Å². The first-order chi connectivity index (χ1) is 9.88. The van der Waals surface area contributed by atoms with Crippen LogP contribution in [0.1, 0.15) is 35.6 Å². The number of carboxylic acids is 1. The van der Waals surface area contributed by atoms with Crippen LogP contribution in [0.25, 0.3) is 0 Å². The largest absolute Gasteiger partial charge is 0.476 e. The molecule has 1 heterocycles. The molecular weight excluding hydrogens is 297 g/mol. The SMILES string of the molecule is CC(C)Cc1c(C(=O)O)nnn1Cc1cc(F)ccc1Cl. The molecule has 0 aliphatic heterocycles. The quantitative estimate of drug-likeness (QED) is 0.921. The first-order valence-corrected chi connectivity index (χ1v) is 6.86. The highest BCUT2D eigenvalue weighted by molar-refractivity contribution is 6.31. The highest BCUT2D eigenvalue weighted by atomic mass is 35.5. The molecule has 21 heavy (non-hydrogen) atoms. The first kappa shape index (κ1) is 15.4. The number of hydrogen-bond acceptors (Lipinski definition) is 3. The molecule has 0 spiro atoms. The molecule has 1 aromatic carbocycles. The normalized spacial score (nSPS) is 11.1. The van der Waals surface area contributed by atoms with Crippen molar-refractivity contribution in [2.75, 3.05) is 0 Å². The average Bonchev–Trinajstić information content (AvgIpc) is 2.76. The van der Waals surface area contributed by atoms with E-state index in [-0.39, 0.29) is 18.2 Å². The topological polar surface area (TPSA) is 68.0 Å². The minimum Gasteiger partial charge on any atom is -0.476 e. The third-order valence-corrected chi connectivity index (χ3v) is 3.34. The zero-order chi connectivity index (χ0) is 15.6.